The Morgan fingerprint density at radius 2 is 1.24 bits per heavy atom. The topological polar surface area (TPSA) is 0 Å². The quantitative estimate of drug-likeness (QED) is 0.117. The van der Waals surface area contributed by atoms with Gasteiger partial charge in [-0.2, -0.15) is 0 Å². The van der Waals surface area contributed by atoms with Gasteiger partial charge in [0.2, 0.25) is 0 Å². The Hall–Kier alpha value is -3.46. The maximum atomic E-state index is 4.61. The molecular formula is C39H36Br2. The SMILES string of the molecule is C=C/C(=C(\CC)c1cccc(/C(C)=C(/C(=C)c2ccccc2)c2cccc(Br)c2)c1C(=C)CC)c1cccc(Br)c1. The van der Waals surface area contributed by atoms with Crippen molar-refractivity contribution in [3.63, 3.8) is 0 Å². The van der Waals surface area contributed by atoms with Crippen molar-refractivity contribution in [1.82, 2.24) is 0 Å². The van der Waals surface area contributed by atoms with E-state index in [0.717, 1.165) is 60.8 Å². The van der Waals surface area contributed by atoms with E-state index >= 15 is 0 Å². The zero-order valence-corrected chi connectivity index (χ0v) is 27.3. The van der Waals surface area contributed by atoms with Gasteiger partial charge in [-0.05, 0) is 111 Å². The highest BCUT2D eigenvalue weighted by molar-refractivity contribution is 9.10. The molecule has 0 amide bonds. The molecule has 4 aromatic rings. The lowest BCUT2D eigenvalue weighted by Crippen LogP contribution is -2.02. The predicted molar refractivity (Wildman–Crippen MR) is 189 cm³/mol. The van der Waals surface area contributed by atoms with Crippen LogP contribution in [0, 0.1) is 0 Å². The van der Waals surface area contributed by atoms with Crippen molar-refractivity contribution in [1.29, 1.82) is 0 Å². The van der Waals surface area contributed by atoms with E-state index in [1.165, 1.54) is 27.8 Å². The van der Waals surface area contributed by atoms with Crippen LogP contribution in [0.4, 0.5) is 0 Å². The normalized spacial score (nSPS) is 12.3. The molecule has 0 N–H and O–H groups in total. The minimum atomic E-state index is 0.848. The smallest absolute Gasteiger partial charge is 0.0181 e. The van der Waals surface area contributed by atoms with E-state index in [4.69, 9.17) is 0 Å². The zero-order chi connectivity index (χ0) is 29.5. The van der Waals surface area contributed by atoms with Gasteiger partial charge in [-0.15, -0.1) is 0 Å². The van der Waals surface area contributed by atoms with Gasteiger partial charge in [0.05, 0.1) is 0 Å². The van der Waals surface area contributed by atoms with Crippen molar-refractivity contribution in [3.05, 3.63) is 165 Å². The maximum Gasteiger partial charge on any atom is 0.0181 e. The second-order valence-corrected chi connectivity index (χ2v) is 11.8. The molecule has 4 rings (SSSR count). The minimum absolute atomic E-state index is 0.848. The average Bonchev–Trinajstić information content (AvgIpc) is 2.99. The average molecular weight is 665 g/mol. The summed E-state index contributed by atoms with van der Waals surface area (Å²) in [5.74, 6) is 0. The first-order valence-electron chi connectivity index (χ1n) is 14.0. The van der Waals surface area contributed by atoms with Crippen LogP contribution in [0.1, 0.15) is 67.0 Å². The summed E-state index contributed by atoms with van der Waals surface area (Å²) < 4.78 is 2.09. The van der Waals surface area contributed by atoms with Crippen LogP contribution in [-0.4, -0.2) is 0 Å². The Bertz CT molecular complexity index is 1670. The summed E-state index contributed by atoms with van der Waals surface area (Å²) >= 11 is 7.35. The maximum absolute atomic E-state index is 4.61. The number of hydrogen-bond donors (Lipinski definition) is 0. The lowest BCUT2D eigenvalue weighted by molar-refractivity contribution is 1.21. The molecule has 0 unspecified atom stereocenters. The number of hydrogen-bond acceptors (Lipinski definition) is 0. The van der Waals surface area contributed by atoms with Gasteiger partial charge < -0.3 is 0 Å². The van der Waals surface area contributed by atoms with Crippen LogP contribution in [0.2, 0.25) is 0 Å². The first-order valence-corrected chi connectivity index (χ1v) is 15.5. The number of allylic oxidation sites excluding steroid dienone is 7. The van der Waals surface area contributed by atoms with Crippen LogP contribution >= 0.6 is 31.9 Å². The number of halogens is 2. The van der Waals surface area contributed by atoms with Crippen molar-refractivity contribution < 1.29 is 0 Å². The standard InChI is InChI=1S/C39H36Br2/c1-7-26(4)38-36(22-15-23-37(38)35(9-3)34(8-2)30-18-13-20-32(40)24-30)28(6)39(31-19-14-21-33(41)25-31)27(5)29-16-11-10-12-17-29/h8,10-25H,2,4-5,7,9H2,1,3,6H3/b35-34-,39-28-. The predicted octanol–water partition coefficient (Wildman–Crippen LogP) is 12.8. The molecule has 0 heterocycles. The molecule has 0 aromatic heterocycles. The third kappa shape index (κ3) is 6.72. The molecule has 0 aliphatic carbocycles. The molecule has 2 heteroatoms. The van der Waals surface area contributed by atoms with E-state index in [-0.39, 0.29) is 0 Å². The summed E-state index contributed by atoms with van der Waals surface area (Å²) in [5.41, 5.74) is 13.7. The van der Waals surface area contributed by atoms with Crippen LogP contribution in [0.3, 0.4) is 0 Å². The monoisotopic (exact) mass is 662 g/mol. The highest BCUT2D eigenvalue weighted by Crippen LogP contribution is 2.43. The van der Waals surface area contributed by atoms with E-state index in [1.807, 2.05) is 12.1 Å². The molecule has 4 aromatic carbocycles. The van der Waals surface area contributed by atoms with Gasteiger partial charge in [-0.3, -0.25) is 0 Å². The van der Waals surface area contributed by atoms with E-state index in [1.54, 1.807) is 0 Å². The fourth-order valence-corrected chi connectivity index (χ4v) is 6.25. The lowest BCUT2D eigenvalue weighted by Gasteiger charge is -2.23. The second kappa shape index (κ2) is 13.9. The fraction of sp³-hybridized carbons (Fsp3) is 0.128. The molecule has 0 atom stereocenters. The van der Waals surface area contributed by atoms with Crippen LogP contribution in [0.15, 0.2) is 132 Å². The van der Waals surface area contributed by atoms with E-state index in [0.29, 0.717) is 0 Å². The van der Waals surface area contributed by atoms with Crippen molar-refractivity contribution in [3.8, 4) is 0 Å². The minimum Gasteiger partial charge on any atom is -0.0984 e. The number of rotatable bonds is 10. The Morgan fingerprint density at radius 1 is 0.683 bits per heavy atom. The molecule has 0 nitrogen and oxygen atoms in total. The first-order chi connectivity index (χ1) is 19.8. The molecule has 41 heavy (non-hydrogen) atoms. The summed E-state index contributed by atoms with van der Waals surface area (Å²) in [6.07, 6.45) is 3.69. The summed E-state index contributed by atoms with van der Waals surface area (Å²) in [4.78, 5) is 0. The Kier molecular flexibility index (Phi) is 10.4. The summed E-state index contributed by atoms with van der Waals surface area (Å²) in [6.45, 7) is 20.0. The number of benzene rings is 4. The van der Waals surface area contributed by atoms with Crippen molar-refractivity contribution in [2.75, 3.05) is 0 Å². The van der Waals surface area contributed by atoms with Gasteiger partial charge in [0.25, 0.3) is 0 Å². The summed E-state index contributed by atoms with van der Waals surface area (Å²) in [5, 5.41) is 0. The third-order valence-corrected chi connectivity index (χ3v) is 8.49. The zero-order valence-electron chi connectivity index (χ0n) is 24.1. The van der Waals surface area contributed by atoms with Gasteiger partial charge in [0.15, 0.2) is 0 Å². The largest absolute Gasteiger partial charge is 0.0984 e. The fourth-order valence-electron chi connectivity index (χ4n) is 5.45. The Balaban J connectivity index is 2.07. The molecule has 0 saturated heterocycles. The highest BCUT2D eigenvalue weighted by Gasteiger charge is 2.21. The Labute approximate surface area is 262 Å². The summed E-state index contributed by atoms with van der Waals surface area (Å²) in [6, 6.07) is 34.0. The van der Waals surface area contributed by atoms with Crippen LogP contribution in [-0.2, 0) is 0 Å². The highest BCUT2D eigenvalue weighted by atomic mass is 79.9. The van der Waals surface area contributed by atoms with Gasteiger partial charge in [0, 0.05) is 8.95 Å². The van der Waals surface area contributed by atoms with E-state index in [9.17, 15) is 0 Å². The van der Waals surface area contributed by atoms with Crippen molar-refractivity contribution in [2.24, 2.45) is 0 Å². The molecule has 0 aliphatic rings. The van der Waals surface area contributed by atoms with Crippen molar-refractivity contribution in [2.45, 2.75) is 33.6 Å². The van der Waals surface area contributed by atoms with E-state index < -0.39 is 0 Å². The lowest BCUT2D eigenvalue weighted by atomic mass is 9.81. The Morgan fingerprint density at radius 3 is 1.83 bits per heavy atom. The second-order valence-electron chi connectivity index (χ2n) is 10.0. The molecule has 0 aliphatic heterocycles. The molecular weight excluding hydrogens is 628 g/mol. The molecule has 0 spiro atoms. The molecule has 206 valence electrons. The van der Waals surface area contributed by atoms with Crippen LogP contribution < -0.4 is 0 Å². The van der Waals surface area contributed by atoms with Gasteiger partial charge >= 0.3 is 0 Å². The third-order valence-electron chi connectivity index (χ3n) is 7.50. The van der Waals surface area contributed by atoms with Crippen LogP contribution in [0.25, 0.3) is 33.4 Å². The summed E-state index contributed by atoms with van der Waals surface area (Å²) in [7, 11) is 0. The van der Waals surface area contributed by atoms with Crippen LogP contribution in [0.5, 0.6) is 0 Å². The van der Waals surface area contributed by atoms with Crippen molar-refractivity contribution >= 4 is 65.3 Å². The first kappa shape index (κ1) is 30.5. The van der Waals surface area contributed by atoms with E-state index in [2.05, 4.69) is 163 Å². The molecule has 0 radical (unpaired) electrons. The van der Waals surface area contributed by atoms with Gasteiger partial charge in [-0.1, -0.05) is 144 Å². The molecule has 0 bridgehead atoms. The van der Waals surface area contributed by atoms with Gasteiger partial charge in [0.1, 0.15) is 0 Å². The molecule has 0 saturated carbocycles. The molecule has 0 fully saturated rings. The van der Waals surface area contributed by atoms with Gasteiger partial charge in [-0.25, -0.2) is 0 Å².